The number of unbranched alkanes of at least 4 members (excludes halogenated alkanes) is 1. The monoisotopic (exact) mass is 365 g/mol. The van der Waals surface area contributed by atoms with Crippen molar-refractivity contribution in [3.63, 3.8) is 0 Å². The molecule has 27 heavy (non-hydrogen) atoms. The van der Waals surface area contributed by atoms with Gasteiger partial charge in [0.25, 0.3) is 5.56 Å². The molecule has 0 spiro atoms. The Kier molecular flexibility index (Phi) is 4.02. The fraction of sp³-hybridized carbons (Fsp3) is 0.350. The van der Waals surface area contributed by atoms with Crippen molar-refractivity contribution in [2.45, 2.75) is 33.2 Å². The molecule has 3 aromatic heterocycles. The van der Waals surface area contributed by atoms with Crippen molar-refractivity contribution in [1.29, 1.82) is 0 Å². The van der Waals surface area contributed by atoms with Crippen LogP contribution in [-0.4, -0.2) is 23.1 Å². The number of benzene rings is 1. The normalized spacial score (nSPS) is 11.7. The van der Waals surface area contributed by atoms with E-state index < -0.39 is 0 Å². The quantitative estimate of drug-likeness (QED) is 0.558. The summed E-state index contributed by atoms with van der Waals surface area (Å²) in [6, 6.07) is 10.1. The van der Waals surface area contributed by atoms with Crippen LogP contribution in [0.25, 0.3) is 28.2 Å². The maximum atomic E-state index is 12.9. The van der Waals surface area contributed by atoms with Crippen molar-refractivity contribution < 1.29 is 0 Å². The molecule has 4 rings (SSSR count). The molecule has 0 atom stereocenters. The van der Waals surface area contributed by atoms with Crippen LogP contribution in [0.4, 0.5) is 0 Å². The molecule has 1 aromatic carbocycles. The summed E-state index contributed by atoms with van der Waals surface area (Å²) in [5.74, 6) is 0.702. The first-order valence-corrected chi connectivity index (χ1v) is 9.20. The van der Waals surface area contributed by atoms with Crippen molar-refractivity contribution in [2.24, 2.45) is 14.1 Å². The van der Waals surface area contributed by atoms with E-state index in [-0.39, 0.29) is 11.2 Å². The summed E-state index contributed by atoms with van der Waals surface area (Å²) < 4.78 is 6.64. The van der Waals surface area contributed by atoms with Gasteiger partial charge in [-0.25, -0.2) is 4.79 Å². The molecule has 140 valence electrons. The molecule has 0 N–H and O–H groups in total. The van der Waals surface area contributed by atoms with E-state index in [1.165, 1.54) is 11.6 Å². The van der Waals surface area contributed by atoms with Gasteiger partial charge in [-0.1, -0.05) is 43.7 Å². The molecule has 0 radical (unpaired) electrons. The average Bonchev–Trinajstić information content (AvgIpc) is 3.19. The second-order valence-corrected chi connectivity index (χ2v) is 6.93. The molecular formula is C20H23N5O2. The van der Waals surface area contributed by atoms with Gasteiger partial charge in [-0.2, -0.15) is 4.98 Å². The Morgan fingerprint density at radius 2 is 1.74 bits per heavy atom. The Morgan fingerprint density at radius 1 is 1.04 bits per heavy atom. The second kappa shape index (κ2) is 6.26. The van der Waals surface area contributed by atoms with Crippen LogP contribution in [-0.2, 0) is 20.6 Å². The van der Waals surface area contributed by atoms with Crippen molar-refractivity contribution in [1.82, 2.24) is 23.1 Å². The first-order chi connectivity index (χ1) is 13.0. The Labute approximate surface area is 156 Å². The molecule has 0 aliphatic carbocycles. The molecule has 0 saturated carbocycles. The Morgan fingerprint density at radius 3 is 2.41 bits per heavy atom. The lowest BCUT2D eigenvalue weighted by Gasteiger charge is -2.09. The minimum atomic E-state index is -0.366. The lowest BCUT2D eigenvalue weighted by atomic mass is 10.1. The van der Waals surface area contributed by atoms with Crippen molar-refractivity contribution >= 4 is 16.9 Å². The third-order valence-electron chi connectivity index (χ3n) is 5.21. The first kappa shape index (κ1) is 17.3. The van der Waals surface area contributed by atoms with E-state index in [1.807, 2.05) is 29.5 Å². The largest absolute Gasteiger partial charge is 0.332 e. The SMILES string of the molecule is CCCCn1c(-c2ccccc2)c(C)n2c3c(=O)n(C)c(=O)n(C)c3nc12. The highest BCUT2D eigenvalue weighted by molar-refractivity contribution is 5.79. The molecule has 4 aromatic rings. The third-order valence-corrected chi connectivity index (χ3v) is 5.21. The number of aryl methyl sites for hydroxylation is 3. The summed E-state index contributed by atoms with van der Waals surface area (Å²) in [4.78, 5) is 29.9. The predicted molar refractivity (Wildman–Crippen MR) is 106 cm³/mol. The molecule has 0 saturated heterocycles. The molecule has 0 unspecified atom stereocenters. The smallest absolute Gasteiger partial charge is 0.309 e. The van der Waals surface area contributed by atoms with Gasteiger partial charge >= 0.3 is 5.69 Å². The van der Waals surface area contributed by atoms with Crippen LogP contribution >= 0.6 is 0 Å². The number of fused-ring (bicyclic) bond motifs is 3. The fourth-order valence-electron chi connectivity index (χ4n) is 3.77. The van der Waals surface area contributed by atoms with E-state index in [0.717, 1.165) is 40.9 Å². The summed E-state index contributed by atoms with van der Waals surface area (Å²) >= 11 is 0. The van der Waals surface area contributed by atoms with Crippen LogP contribution in [0.15, 0.2) is 39.9 Å². The van der Waals surface area contributed by atoms with E-state index in [4.69, 9.17) is 4.98 Å². The lowest BCUT2D eigenvalue weighted by molar-refractivity contribution is 0.647. The summed E-state index contributed by atoms with van der Waals surface area (Å²) in [5, 5.41) is 0. The van der Waals surface area contributed by atoms with Gasteiger partial charge in [0.1, 0.15) is 0 Å². The number of nitrogens with zero attached hydrogens (tertiary/aromatic N) is 5. The highest BCUT2D eigenvalue weighted by Gasteiger charge is 2.23. The molecule has 3 heterocycles. The topological polar surface area (TPSA) is 66.2 Å². The van der Waals surface area contributed by atoms with Crippen LogP contribution in [0.2, 0.25) is 0 Å². The van der Waals surface area contributed by atoms with E-state index in [2.05, 4.69) is 23.6 Å². The van der Waals surface area contributed by atoms with Crippen molar-refractivity contribution in [2.75, 3.05) is 0 Å². The molecule has 0 aliphatic rings. The van der Waals surface area contributed by atoms with E-state index >= 15 is 0 Å². The van der Waals surface area contributed by atoms with Gasteiger partial charge in [-0.3, -0.25) is 18.3 Å². The third kappa shape index (κ3) is 2.38. The number of aromatic nitrogens is 5. The van der Waals surface area contributed by atoms with Crippen LogP contribution in [0, 0.1) is 6.92 Å². The Balaban J connectivity index is 2.19. The van der Waals surface area contributed by atoms with Gasteiger partial charge in [0.15, 0.2) is 11.2 Å². The average molecular weight is 365 g/mol. The van der Waals surface area contributed by atoms with Crippen molar-refractivity contribution in [3.05, 3.63) is 56.9 Å². The zero-order valence-electron chi connectivity index (χ0n) is 16.1. The van der Waals surface area contributed by atoms with Crippen LogP contribution in [0.5, 0.6) is 0 Å². The summed E-state index contributed by atoms with van der Waals surface area (Å²) in [6.45, 7) is 4.95. The van der Waals surface area contributed by atoms with Crippen LogP contribution in [0.1, 0.15) is 25.5 Å². The van der Waals surface area contributed by atoms with Gasteiger partial charge in [0.05, 0.1) is 5.69 Å². The molecular weight excluding hydrogens is 342 g/mol. The molecule has 7 nitrogen and oxygen atoms in total. The minimum Gasteiger partial charge on any atom is -0.309 e. The summed E-state index contributed by atoms with van der Waals surface area (Å²) in [5.41, 5.74) is 3.28. The number of hydrogen-bond acceptors (Lipinski definition) is 3. The highest BCUT2D eigenvalue weighted by atomic mass is 16.2. The van der Waals surface area contributed by atoms with Crippen LogP contribution in [0.3, 0.4) is 0 Å². The zero-order valence-corrected chi connectivity index (χ0v) is 16.1. The van der Waals surface area contributed by atoms with Gasteiger partial charge < -0.3 is 4.57 Å². The van der Waals surface area contributed by atoms with E-state index in [1.54, 1.807) is 7.05 Å². The second-order valence-electron chi connectivity index (χ2n) is 6.93. The molecule has 0 fully saturated rings. The van der Waals surface area contributed by atoms with E-state index in [0.29, 0.717) is 16.9 Å². The summed E-state index contributed by atoms with van der Waals surface area (Å²) in [7, 11) is 3.16. The number of hydrogen-bond donors (Lipinski definition) is 0. The molecule has 0 bridgehead atoms. The summed E-state index contributed by atoms with van der Waals surface area (Å²) in [6.07, 6.45) is 2.06. The lowest BCUT2D eigenvalue weighted by Crippen LogP contribution is -2.37. The molecule has 7 heteroatoms. The number of imidazole rings is 2. The zero-order chi connectivity index (χ0) is 19.3. The van der Waals surface area contributed by atoms with Gasteiger partial charge in [-0.15, -0.1) is 0 Å². The maximum absolute atomic E-state index is 12.9. The predicted octanol–water partition coefficient (Wildman–Crippen LogP) is 2.46. The van der Waals surface area contributed by atoms with E-state index in [9.17, 15) is 9.59 Å². The standard InChI is InChI=1S/C20H23N5O2/c1-5-6-12-24-15(14-10-8-7-9-11-14)13(2)25-16-17(21-19(24)25)22(3)20(27)23(4)18(16)26/h7-11H,5-6,12H2,1-4H3. The minimum absolute atomic E-state index is 0.323. The Hall–Kier alpha value is -3.09. The molecule has 0 amide bonds. The highest BCUT2D eigenvalue weighted by Crippen LogP contribution is 2.29. The Bertz CT molecular complexity index is 1270. The maximum Gasteiger partial charge on any atom is 0.332 e. The van der Waals surface area contributed by atoms with Gasteiger partial charge in [0.2, 0.25) is 5.78 Å². The fourth-order valence-corrected chi connectivity index (χ4v) is 3.77. The first-order valence-electron chi connectivity index (χ1n) is 9.20. The molecule has 0 aliphatic heterocycles. The van der Waals surface area contributed by atoms with Gasteiger partial charge in [-0.05, 0) is 13.3 Å². The van der Waals surface area contributed by atoms with Crippen LogP contribution < -0.4 is 11.2 Å². The number of rotatable bonds is 4. The van der Waals surface area contributed by atoms with Gasteiger partial charge in [0, 0.05) is 31.9 Å². The van der Waals surface area contributed by atoms with Crippen molar-refractivity contribution in [3.8, 4) is 11.3 Å².